The highest BCUT2D eigenvalue weighted by molar-refractivity contribution is 5.98. The van der Waals surface area contributed by atoms with Crippen molar-refractivity contribution in [3.05, 3.63) is 29.8 Å². The number of carbonyl (C=O) groups excluding carboxylic acids is 1. The van der Waals surface area contributed by atoms with E-state index in [1.54, 1.807) is 12.1 Å². The largest absolute Gasteiger partial charge is 0.471 e. The van der Waals surface area contributed by atoms with E-state index >= 15 is 0 Å². The summed E-state index contributed by atoms with van der Waals surface area (Å²) in [4.78, 5) is 12.2. The molecule has 1 aliphatic carbocycles. The molecular formula is C12H13F3N2O. The number of carbonyl (C=O) groups is 1. The maximum Gasteiger partial charge on any atom is 0.471 e. The molecule has 98 valence electrons. The summed E-state index contributed by atoms with van der Waals surface area (Å²) in [6.07, 6.45) is -3.62. The van der Waals surface area contributed by atoms with E-state index in [1.165, 1.54) is 12.1 Å². The molecular weight excluding hydrogens is 245 g/mol. The fraction of sp³-hybridized carbons (Fsp3) is 0.417. The standard InChI is InChI=1S/C12H13F3N2O/c13-12(14,15)11(18)17(10-5-6-10)9-3-1-8(7-16)2-4-9/h1-4,10H,5-7,16H2. The van der Waals surface area contributed by atoms with Crippen LogP contribution in [0.4, 0.5) is 18.9 Å². The number of benzene rings is 1. The van der Waals surface area contributed by atoms with E-state index in [4.69, 9.17) is 5.73 Å². The smallest absolute Gasteiger partial charge is 0.326 e. The van der Waals surface area contributed by atoms with Crippen molar-refractivity contribution in [3.63, 3.8) is 0 Å². The quantitative estimate of drug-likeness (QED) is 0.903. The average molecular weight is 258 g/mol. The Hall–Kier alpha value is -1.56. The SMILES string of the molecule is NCc1ccc(N(C(=O)C(F)(F)F)C2CC2)cc1. The third kappa shape index (κ3) is 2.64. The zero-order chi connectivity index (χ0) is 13.3. The molecule has 0 atom stereocenters. The molecule has 0 heterocycles. The van der Waals surface area contributed by atoms with Crippen LogP contribution in [-0.2, 0) is 11.3 Å². The molecule has 1 aliphatic rings. The highest BCUT2D eigenvalue weighted by Crippen LogP contribution is 2.35. The highest BCUT2D eigenvalue weighted by Gasteiger charge is 2.47. The van der Waals surface area contributed by atoms with Crippen LogP contribution < -0.4 is 10.6 Å². The first-order valence-corrected chi connectivity index (χ1v) is 5.63. The topological polar surface area (TPSA) is 46.3 Å². The van der Waals surface area contributed by atoms with E-state index in [0.29, 0.717) is 19.4 Å². The van der Waals surface area contributed by atoms with E-state index in [1.807, 2.05) is 0 Å². The normalized spacial score (nSPS) is 15.6. The second-order valence-corrected chi connectivity index (χ2v) is 4.27. The molecule has 0 bridgehead atoms. The summed E-state index contributed by atoms with van der Waals surface area (Å²) in [5.74, 6) is -1.80. The Bertz CT molecular complexity index is 438. The first kappa shape index (κ1) is 12.9. The molecule has 0 radical (unpaired) electrons. The van der Waals surface area contributed by atoms with Gasteiger partial charge >= 0.3 is 12.1 Å². The Morgan fingerprint density at radius 3 is 2.22 bits per heavy atom. The van der Waals surface area contributed by atoms with Gasteiger partial charge in [0.2, 0.25) is 0 Å². The van der Waals surface area contributed by atoms with Gasteiger partial charge < -0.3 is 10.6 Å². The van der Waals surface area contributed by atoms with Crippen molar-refractivity contribution in [2.45, 2.75) is 31.6 Å². The lowest BCUT2D eigenvalue weighted by molar-refractivity contribution is -0.170. The van der Waals surface area contributed by atoms with E-state index in [2.05, 4.69) is 0 Å². The molecule has 0 unspecified atom stereocenters. The number of nitrogens with zero attached hydrogens (tertiary/aromatic N) is 1. The van der Waals surface area contributed by atoms with Crippen LogP contribution in [0.15, 0.2) is 24.3 Å². The first-order chi connectivity index (χ1) is 8.43. The minimum absolute atomic E-state index is 0.275. The zero-order valence-electron chi connectivity index (χ0n) is 9.57. The summed E-state index contributed by atoms with van der Waals surface area (Å²) in [7, 11) is 0. The van der Waals surface area contributed by atoms with Crippen LogP contribution in [0.5, 0.6) is 0 Å². The second-order valence-electron chi connectivity index (χ2n) is 4.27. The number of nitrogens with two attached hydrogens (primary N) is 1. The Kier molecular flexibility index (Phi) is 3.30. The summed E-state index contributed by atoms with van der Waals surface area (Å²) in [6, 6.07) is 5.94. The summed E-state index contributed by atoms with van der Waals surface area (Å²) < 4.78 is 37.5. The molecule has 1 fully saturated rings. The number of anilines is 1. The third-order valence-corrected chi connectivity index (χ3v) is 2.82. The van der Waals surface area contributed by atoms with Gasteiger partial charge in [0.05, 0.1) is 0 Å². The van der Waals surface area contributed by atoms with Gasteiger partial charge in [0.25, 0.3) is 0 Å². The molecule has 6 heteroatoms. The number of halogens is 3. The minimum Gasteiger partial charge on any atom is -0.326 e. The van der Waals surface area contributed by atoms with Gasteiger partial charge in [-0.05, 0) is 30.5 Å². The van der Waals surface area contributed by atoms with Crippen molar-refractivity contribution in [1.82, 2.24) is 0 Å². The Balaban J connectivity index is 2.27. The summed E-state index contributed by atoms with van der Waals surface area (Å²) in [5, 5.41) is 0. The van der Waals surface area contributed by atoms with Crippen molar-refractivity contribution >= 4 is 11.6 Å². The van der Waals surface area contributed by atoms with Gasteiger partial charge in [-0.25, -0.2) is 0 Å². The van der Waals surface area contributed by atoms with E-state index in [0.717, 1.165) is 10.5 Å². The fourth-order valence-corrected chi connectivity index (χ4v) is 1.76. The van der Waals surface area contributed by atoms with E-state index in [-0.39, 0.29) is 11.7 Å². The number of hydrogen-bond donors (Lipinski definition) is 1. The molecule has 0 aliphatic heterocycles. The predicted octanol–water partition coefficient (Wildman–Crippen LogP) is 2.20. The maximum absolute atomic E-state index is 12.5. The molecule has 1 saturated carbocycles. The van der Waals surface area contributed by atoms with Crippen LogP contribution in [-0.4, -0.2) is 18.1 Å². The number of amides is 1. The van der Waals surface area contributed by atoms with Crippen molar-refractivity contribution in [2.75, 3.05) is 4.90 Å². The Morgan fingerprint density at radius 2 is 1.83 bits per heavy atom. The molecule has 1 aromatic carbocycles. The van der Waals surface area contributed by atoms with Crippen LogP contribution >= 0.6 is 0 Å². The van der Waals surface area contributed by atoms with E-state index in [9.17, 15) is 18.0 Å². The molecule has 2 rings (SSSR count). The fourth-order valence-electron chi connectivity index (χ4n) is 1.76. The van der Waals surface area contributed by atoms with Gasteiger partial charge in [0.15, 0.2) is 0 Å². The van der Waals surface area contributed by atoms with Crippen LogP contribution in [0.3, 0.4) is 0 Å². The van der Waals surface area contributed by atoms with Crippen LogP contribution in [0, 0.1) is 0 Å². The van der Waals surface area contributed by atoms with Gasteiger partial charge in [-0.3, -0.25) is 4.79 Å². The predicted molar refractivity (Wildman–Crippen MR) is 60.9 cm³/mol. The lowest BCUT2D eigenvalue weighted by atomic mass is 10.2. The van der Waals surface area contributed by atoms with Gasteiger partial charge in [-0.2, -0.15) is 13.2 Å². The van der Waals surface area contributed by atoms with Crippen molar-refractivity contribution in [3.8, 4) is 0 Å². The van der Waals surface area contributed by atoms with Gasteiger partial charge in [-0.1, -0.05) is 12.1 Å². The lowest BCUT2D eigenvalue weighted by Gasteiger charge is -2.23. The first-order valence-electron chi connectivity index (χ1n) is 5.63. The van der Waals surface area contributed by atoms with Gasteiger partial charge in [0, 0.05) is 18.3 Å². The molecule has 0 saturated heterocycles. The van der Waals surface area contributed by atoms with Crippen LogP contribution in [0.1, 0.15) is 18.4 Å². The molecule has 1 amide bonds. The summed E-state index contributed by atoms with van der Waals surface area (Å²) in [6.45, 7) is 0.316. The molecule has 0 spiro atoms. The Morgan fingerprint density at radius 1 is 1.28 bits per heavy atom. The van der Waals surface area contributed by atoms with Crippen molar-refractivity contribution in [1.29, 1.82) is 0 Å². The van der Waals surface area contributed by atoms with Crippen molar-refractivity contribution in [2.24, 2.45) is 5.73 Å². The van der Waals surface area contributed by atoms with Gasteiger partial charge in [-0.15, -0.1) is 0 Å². The lowest BCUT2D eigenvalue weighted by Crippen LogP contribution is -2.42. The molecule has 3 nitrogen and oxygen atoms in total. The van der Waals surface area contributed by atoms with Crippen molar-refractivity contribution < 1.29 is 18.0 Å². The van der Waals surface area contributed by atoms with Crippen LogP contribution in [0.2, 0.25) is 0 Å². The second kappa shape index (κ2) is 4.61. The summed E-state index contributed by atoms with van der Waals surface area (Å²) in [5.41, 5.74) is 6.51. The monoisotopic (exact) mass is 258 g/mol. The summed E-state index contributed by atoms with van der Waals surface area (Å²) >= 11 is 0. The average Bonchev–Trinajstić information content (AvgIpc) is 3.13. The van der Waals surface area contributed by atoms with E-state index < -0.39 is 12.1 Å². The highest BCUT2D eigenvalue weighted by atomic mass is 19.4. The zero-order valence-corrected chi connectivity index (χ0v) is 9.57. The number of rotatable bonds is 3. The maximum atomic E-state index is 12.5. The van der Waals surface area contributed by atoms with Gasteiger partial charge in [0.1, 0.15) is 0 Å². The minimum atomic E-state index is -4.84. The Labute approximate surface area is 102 Å². The van der Waals surface area contributed by atoms with Crippen LogP contribution in [0.25, 0.3) is 0 Å². The molecule has 18 heavy (non-hydrogen) atoms. The molecule has 2 N–H and O–H groups in total. The molecule has 1 aromatic rings. The number of alkyl halides is 3. The number of hydrogen-bond acceptors (Lipinski definition) is 2. The molecule has 0 aromatic heterocycles. The third-order valence-electron chi connectivity index (χ3n) is 2.82.